The van der Waals surface area contributed by atoms with E-state index in [2.05, 4.69) is 0 Å². The predicted molar refractivity (Wildman–Crippen MR) is 51.6 cm³/mol. The second-order valence-corrected chi connectivity index (χ2v) is 3.31. The van der Waals surface area contributed by atoms with E-state index >= 15 is 0 Å². The average Bonchev–Trinajstić information content (AvgIpc) is 2.65. The lowest BCUT2D eigenvalue weighted by Gasteiger charge is -2.08. The fourth-order valence-corrected chi connectivity index (χ4v) is 1.61. The van der Waals surface area contributed by atoms with Crippen molar-refractivity contribution in [1.29, 1.82) is 0 Å². The Hall–Kier alpha value is -1.35. The molecule has 74 valence electrons. The second-order valence-electron chi connectivity index (χ2n) is 3.31. The highest BCUT2D eigenvalue weighted by Crippen LogP contribution is 2.25. The van der Waals surface area contributed by atoms with E-state index < -0.39 is 0 Å². The number of methoxy groups -OCH3 is 1. The molecule has 2 rings (SSSR count). The van der Waals surface area contributed by atoms with E-state index in [1.165, 1.54) is 0 Å². The van der Waals surface area contributed by atoms with Crippen LogP contribution in [0, 0.1) is 0 Å². The number of ketones is 1. The highest BCUT2D eigenvalue weighted by Gasteiger charge is 2.26. The molecular formula is C11H12O3. The quantitative estimate of drug-likeness (QED) is 0.710. The lowest BCUT2D eigenvalue weighted by molar-refractivity contribution is -0.118. The fourth-order valence-electron chi connectivity index (χ4n) is 1.61. The van der Waals surface area contributed by atoms with Gasteiger partial charge in [0.05, 0.1) is 19.6 Å². The number of rotatable bonds is 2. The van der Waals surface area contributed by atoms with Gasteiger partial charge in [0, 0.05) is 0 Å². The molecule has 3 heteroatoms. The van der Waals surface area contributed by atoms with Crippen LogP contribution in [0.5, 0.6) is 5.75 Å². The van der Waals surface area contributed by atoms with E-state index in [0.717, 1.165) is 11.3 Å². The number of Topliss-reactive ketones (excluding diaryl/α,β-unsaturated/α-hetero) is 1. The largest absolute Gasteiger partial charge is 0.497 e. The number of hydrogen-bond donors (Lipinski definition) is 0. The minimum atomic E-state index is -0.106. The van der Waals surface area contributed by atoms with Crippen molar-refractivity contribution in [3.8, 4) is 5.75 Å². The topological polar surface area (TPSA) is 35.5 Å². The van der Waals surface area contributed by atoms with Crippen LogP contribution in [-0.2, 0) is 9.53 Å². The molecule has 14 heavy (non-hydrogen) atoms. The predicted octanol–water partition coefficient (Wildman–Crippen LogP) is 1.38. The molecule has 0 N–H and O–H groups in total. The van der Waals surface area contributed by atoms with Gasteiger partial charge in [0.2, 0.25) is 0 Å². The van der Waals surface area contributed by atoms with Gasteiger partial charge in [-0.3, -0.25) is 4.79 Å². The standard InChI is InChI=1S/C11H12O3/c1-13-9-4-2-3-8(5-9)10-6-14-7-11(10)12/h2-5,10H,6-7H2,1H3/t10-/m1/s1. The molecule has 1 fully saturated rings. The van der Waals surface area contributed by atoms with E-state index in [9.17, 15) is 4.79 Å². The smallest absolute Gasteiger partial charge is 0.168 e. The molecule has 1 heterocycles. The molecule has 0 spiro atoms. The molecular weight excluding hydrogens is 180 g/mol. The van der Waals surface area contributed by atoms with Crippen LogP contribution in [0.4, 0.5) is 0 Å². The lowest BCUT2D eigenvalue weighted by atomic mass is 9.97. The zero-order valence-electron chi connectivity index (χ0n) is 8.03. The van der Waals surface area contributed by atoms with Crippen molar-refractivity contribution in [2.24, 2.45) is 0 Å². The molecule has 1 atom stereocenters. The maximum absolute atomic E-state index is 11.4. The first kappa shape index (κ1) is 9.21. The number of carbonyl (C=O) groups excluding carboxylic acids is 1. The van der Waals surface area contributed by atoms with Gasteiger partial charge in [-0.1, -0.05) is 12.1 Å². The maximum Gasteiger partial charge on any atom is 0.168 e. The third kappa shape index (κ3) is 1.63. The zero-order chi connectivity index (χ0) is 9.97. The number of carbonyl (C=O) groups is 1. The van der Waals surface area contributed by atoms with Crippen LogP contribution in [0.1, 0.15) is 11.5 Å². The van der Waals surface area contributed by atoms with Gasteiger partial charge in [-0.2, -0.15) is 0 Å². The Bertz CT molecular complexity index is 346. The molecule has 0 radical (unpaired) electrons. The summed E-state index contributed by atoms with van der Waals surface area (Å²) >= 11 is 0. The average molecular weight is 192 g/mol. The number of hydrogen-bond acceptors (Lipinski definition) is 3. The molecule has 1 saturated heterocycles. The van der Waals surface area contributed by atoms with Gasteiger partial charge < -0.3 is 9.47 Å². The Balaban J connectivity index is 2.26. The lowest BCUT2D eigenvalue weighted by Crippen LogP contribution is -2.08. The highest BCUT2D eigenvalue weighted by atomic mass is 16.5. The van der Waals surface area contributed by atoms with Crippen LogP contribution in [0.25, 0.3) is 0 Å². The Morgan fingerprint density at radius 1 is 1.50 bits per heavy atom. The van der Waals surface area contributed by atoms with Crippen LogP contribution < -0.4 is 4.74 Å². The summed E-state index contributed by atoms with van der Waals surface area (Å²) in [6, 6.07) is 7.57. The number of ether oxygens (including phenoxy) is 2. The van der Waals surface area contributed by atoms with Crippen LogP contribution in [0.3, 0.4) is 0 Å². The first-order chi connectivity index (χ1) is 6.81. The molecule has 0 unspecified atom stereocenters. The van der Waals surface area contributed by atoms with Crippen LogP contribution in [0.2, 0.25) is 0 Å². The van der Waals surface area contributed by atoms with Crippen molar-refractivity contribution in [1.82, 2.24) is 0 Å². The van der Waals surface area contributed by atoms with E-state index in [-0.39, 0.29) is 18.3 Å². The zero-order valence-corrected chi connectivity index (χ0v) is 8.03. The van der Waals surface area contributed by atoms with Crippen molar-refractivity contribution in [3.63, 3.8) is 0 Å². The highest BCUT2D eigenvalue weighted by molar-refractivity contribution is 5.88. The SMILES string of the molecule is COc1cccc([C@H]2COCC2=O)c1. The second kappa shape index (κ2) is 3.80. The van der Waals surface area contributed by atoms with Crippen molar-refractivity contribution in [2.45, 2.75) is 5.92 Å². The Labute approximate surface area is 82.6 Å². The van der Waals surface area contributed by atoms with Crippen LogP contribution in [0.15, 0.2) is 24.3 Å². The Morgan fingerprint density at radius 2 is 2.36 bits per heavy atom. The van der Waals surface area contributed by atoms with Gasteiger partial charge >= 0.3 is 0 Å². The first-order valence-corrected chi connectivity index (χ1v) is 4.55. The Morgan fingerprint density at radius 3 is 3.00 bits per heavy atom. The van der Waals surface area contributed by atoms with E-state index in [0.29, 0.717) is 6.61 Å². The van der Waals surface area contributed by atoms with Crippen LogP contribution in [-0.4, -0.2) is 26.1 Å². The van der Waals surface area contributed by atoms with Crippen molar-refractivity contribution in [2.75, 3.05) is 20.3 Å². The van der Waals surface area contributed by atoms with Gasteiger partial charge in [0.15, 0.2) is 5.78 Å². The summed E-state index contributed by atoms with van der Waals surface area (Å²) in [4.78, 5) is 11.4. The maximum atomic E-state index is 11.4. The number of benzene rings is 1. The van der Waals surface area contributed by atoms with Crippen molar-refractivity contribution < 1.29 is 14.3 Å². The van der Waals surface area contributed by atoms with Crippen LogP contribution >= 0.6 is 0 Å². The van der Waals surface area contributed by atoms with E-state index in [1.807, 2.05) is 24.3 Å². The van der Waals surface area contributed by atoms with Gasteiger partial charge in [-0.15, -0.1) is 0 Å². The van der Waals surface area contributed by atoms with Gasteiger partial charge in [-0.25, -0.2) is 0 Å². The minimum Gasteiger partial charge on any atom is -0.497 e. The van der Waals surface area contributed by atoms with Crippen molar-refractivity contribution in [3.05, 3.63) is 29.8 Å². The summed E-state index contributed by atoms with van der Waals surface area (Å²) in [5.41, 5.74) is 0.979. The summed E-state index contributed by atoms with van der Waals surface area (Å²) in [5.74, 6) is 0.825. The van der Waals surface area contributed by atoms with E-state index in [1.54, 1.807) is 7.11 Å². The summed E-state index contributed by atoms with van der Waals surface area (Å²) in [5, 5.41) is 0. The third-order valence-electron chi connectivity index (χ3n) is 2.41. The summed E-state index contributed by atoms with van der Waals surface area (Å²) < 4.78 is 10.2. The summed E-state index contributed by atoms with van der Waals surface area (Å²) in [6.07, 6.45) is 0. The molecule has 1 aromatic carbocycles. The molecule has 0 aliphatic carbocycles. The first-order valence-electron chi connectivity index (χ1n) is 4.55. The molecule has 3 nitrogen and oxygen atoms in total. The molecule has 0 aromatic heterocycles. The summed E-state index contributed by atoms with van der Waals surface area (Å²) in [6.45, 7) is 0.730. The van der Waals surface area contributed by atoms with Gasteiger partial charge in [0.25, 0.3) is 0 Å². The normalized spacial score (nSPS) is 21.2. The monoisotopic (exact) mass is 192 g/mol. The third-order valence-corrected chi connectivity index (χ3v) is 2.41. The van der Waals surface area contributed by atoms with Gasteiger partial charge in [0.1, 0.15) is 12.4 Å². The molecule has 0 bridgehead atoms. The summed E-state index contributed by atoms with van der Waals surface area (Å²) in [7, 11) is 1.62. The molecule has 1 aliphatic heterocycles. The Kier molecular flexibility index (Phi) is 2.50. The molecule has 1 aliphatic rings. The van der Waals surface area contributed by atoms with E-state index in [4.69, 9.17) is 9.47 Å². The van der Waals surface area contributed by atoms with Gasteiger partial charge in [-0.05, 0) is 17.7 Å². The van der Waals surface area contributed by atoms with Crippen molar-refractivity contribution >= 4 is 5.78 Å². The fraction of sp³-hybridized carbons (Fsp3) is 0.364. The molecule has 1 aromatic rings. The minimum absolute atomic E-state index is 0.106. The molecule has 0 saturated carbocycles. The molecule has 0 amide bonds.